The highest BCUT2D eigenvalue weighted by molar-refractivity contribution is 5.60. The molecular formula is C9H11NO. The third kappa shape index (κ3) is 1.68. The van der Waals surface area contributed by atoms with E-state index in [4.69, 9.17) is 5.26 Å². The number of aldehydes is 1. The standard InChI is InChI=1S/C9H11NO/c10-7-6-9(8-11)4-2-1-3-5-9/h1-2,8H,3-6H2. The molecule has 1 unspecified atom stereocenters. The van der Waals surface area contributed by atoms with E-state index in [0.29, 0.717) is 6.42 Å². The third-order valence-electron chi connectivity index (χ3n) is 2.18. The van der Waals surface area contributed by atoms with Gasteiger partial charge in [-0.05, 0) is 19.3 Å². The number of carbonyl (C=O) groups excluding carboxylic acids is 1. The minimum absolute atomic E-state index is 0.358. The molecule has 0 radical (unpaired) electrons. The Labute approximate surface area is 66.5 Å². The SMILES string of the molecule is N#CCC1(C=O)CC=CCC1. The van der Waals surface area contributed by atoms with Crippen molar-refractivity contribution in [2.24, 2.45) is 5.41 Å². The Balaban J connectivity index is 2.68. The molecule has 0 spiro atoms. The number of nitriles is 1. The van der Waals surface area contributed by atoms with Crippen molar-refractivity contribution >= 4 is 6.29 Å². The molecule has 0 N–H and O–H groups in total. The van der Waals surface area contributed by atoms with Gasteiger partial charge in [0.05, 0.1) is 6.07 Å². The summed E-state index contributed by atoms with van der Waals surface area (Å²) in [6.07, 6.45) is 7.87. The van der Waals surface area contributed by atoms with Crippen molar-refractivity contribution in [3.8, 4) is 6.07 Å². The Morgan fingerprint density at radius 2 is 2.45 bits per heavy atom. The number of rotatable bonds is 2. The molecule has 0 bridgehead atoms. The van der Waals surface area contributed by atoms with Gasteiger partial charge in [-0.1, -0.05) is 12.2 Å². The van der Waals surface area contributed by atoms with E-state index in [1.165, 1.54) is 0 Å². The molecule has 11 heavy (non-hydrogen) atoms. The van der Waals surface area contributed by atoms with E-state index >= 15 is 0 Å². The monoisotopic (exact) mass is 149 g/mol. The van der Waals surface area contributed by atoms with Crippen molar-refractivity contribution in [2.45, 2.75) is 25.7 Å². The van der Waals surface area contributed by atoms with E-state index in [0.717, 1.165) is 25.5 Å². The fourth-order valence-corrected chi connectivity index (χ4v) is 1.38. The lowest BCUT2D eigenvalue weighted by Crippen LogP contribution is -2.22. The number of nitrogens with zero attached hydrogens (tertiary/aromatic N) is 1. The van der Waals surface area contributed by atoms with E-state index in [9.17, 15) is 4.79 Å². The molecule has 0 amide bonds. The predicted molar refractivity (Wildman–Crippen MR) is 41.7 cm³/mol. The average molecular weight is 149 g/mol. The molecule has 0 aliphatic heterocycles. The largest absolute Gasteiger partial charge is 0.303 e. The summed E-state index contributed by atoms with van der Waals surface area (Å²) >= 11 is 0. The fourth-order valence-electron chi connectivity index (χ4n) is 1.38. The first kappa shape index (κ1) is 8.00. The molecule has 2 heteroatoms. The van der Waals surface area contributed by atoms with E-state index in [1.807, 2.05) is 6.08 Å². The molecule has 2 nitrogen and oxygen atoms in total. The maximum atomic E-state index is 10.7. The number of allylic oxidation sites excluding steroid dienone is 2. The smallest absolute Gasteiger partial charge is 0.127 e. The molecular weight excluding hydrogens is 138 g/mol. The quantitative estimate of drug-likeness (QED) is 0.444. The first-order valence-corrected chi connectivity index (χ1v) is 3.81. The summed E-state index contributed by atoms with van der Waals surface area (Å²) in [5.41, 5.74) is -0.358. The minimum Gasteiger partial charge on any atom is -0.303 e. The lowest BCUT2D eigenvalue weighted by molar-refractivity contribution is -0.116. The normalized spacial score (nSPS) is 29.4. The highest BCUT2D eigenvalue weighted by Gasteiger charge is 2.29. The van der Waals surface area contributed by atoms with Gasteiger partial charge in [-0.25, -0.2) is 0 Å². The lowest BCUT2D eigenvalue weighted by Gasteiger charge is -2.25. The first-order valence-electron chi connectivity index (χ1n) is 3.81. The van der Waals surface area contributed by atoms with Crippen LogP contribution >= 0.6 is 0 Å². The molecule has 0 fully saturated rings. The van der Waals surface area contributed by atoms with Gasteiger partial charge in [0.15, 0.2) is 0 Å². The van der Waals surface area contributed by atoms with Crippen LogP contribution in [0.5, 0.6) is 0 Å². The Kier molecular flexibility index (Phi) is 2.43. The Bertz CT molecular complexity index is 214. The molecule has 0 saturated carbocycles. The summed E-state index contributed by atoms with van der Waals surface area (Å²) in [5, 5.41) is 8.48. The van der Waals surface area contributed by atoms with E-state index in [1.54, 1.807) is 0 Å². The van der Waals surface area contributed by atoms with Crippen LogP contribution < -0.4 is 0 Å². The van der Waals surface area contributed by atoms with Crippen molar-refractivity contribution in [3.63, 3.8) is 0 Å². The summed E-state index contributed by atoms with van der Waals surface area (Å²) in [7, 11) is 0. The van der Waals surface area contributed by atoms with Gasteiger partial charge in [-0.2, -0.15) is 5.26 Å². The maximum absolute atomic E-state index is 10.7. The van der Waals surface area contributed by atoms with Gasteiger partial charge in [0.1, 0.15) is 6.29 Å². The average Bonchev–Trinajstić information content (AvgIpc) is 2.07. The van der Waals surface area contributed by atoms with Gasteiger partial charge in [0, 0.05) is 11.8 Å². The molecule has 1 aliphatic carbocycles. The van der Waals surface area contributed by atoms with Crippen LogP contribution in [0, 0.1) is 16.7 Å². The van der Waals surface area contributed by atoms with Gasteiger partial charge in [-0.3, -0.25) is 0 Å². The van der Waals surface area contributed by atoms with Crippen molar-refractivity contribution in [2.75, 3.05) is 0 Å². The molecule has 1 aliphatic rings. The Morgan fingerprint density at radius 1 is 1.64 bits per heavy atom. The van der Waals surface area contributed by atoms with Gasteiger partial charge in [0.25, 0.3) is 0 Å². The maximum Gasteiger partial charge on any atom is 0.127 e. The van der Waals surface area contributed by atoms with Crippen molar-refractivity contribution < 1.29 is 4.79 Å². The van der Waals surface area contributed by atoms with Crippen LogP contribution in [0.2, 0.25) is 0 Å². The zero-order valence-corrected chi connectivity index (χ0v) is 6.42. The van der Waals surface area contributed by atoms with Crippen molar-refractivity contribution in [1.29, 1.82) is 5.26 Å². The summed E-state index contributed by atoms with van der Waals surface area (Å²) in [6.45, 7) is 0. The summed E-state index contributed by atoms with van der Waals surface area (Å²) in [4.78, 5) is 10.7. The van der Waals surface area contributed by atoms with Crippen LogP contribution in [0.3, 0.4) is 0 Å². The molecule has 0 saturated heterocycles. The summed E-state index contributed by atoms with van der Waals surface area (Å²) < 4.78 is 0. The van der Waals surface area contributed by atoms with Crippen LogP contribution in [-0.4, -0.2) is 6.29 Å². The van der Waals surface area contributed by atoms with Crippen LogP contribution in [0.25, 0.3) is 0 Å². The second-order valence-electron chi connectivity index (χ2n) is 3.03. The predicted octanol–water partition coefficient (Wildman–Crippen LogP) is 1.83. The second kappa shape index (κ2) is 3.34. The third-order valence-corrected chi connectivity index (χ3v) is 2.18. The summed E-state index contributed by atoms with van der Waals surface area (Å²) in [6, 6.07) is 2.06. The zero-order valence-electron chi connectivity index (χ0n) is 6.42. The van der Waals surface area contributed by atoms with Crippen molar-refractivity contribution in [3.05, 3.63) is 12.2 Å². The van der Waals surface area contributed by atoms with Crippen LogP contribution in [0.4, 0.5) is 0 Å². The molecule has 58 valence electrons. The Hall–Kier alpha value is -1.10. The highest BCUT2D eigenvalue weighted by atomic mass is 16.1. The number of hydrogen-bond acceptors (Lipinski definition) is 2. The second-order valence-corrected chi connectivity index (χ2v) is 3.03. The number of hydrogen-bond donors (Lipinski definition) is 0. The molecule has 0 aromatic rings. The van der Waals surface area contributed by atoms with Crippen LogP contribution in [0.1, 0.15) is 25.7 Å². The van der Waals surface area contributed by atoms with Crippen molar-refractivity contribution in [1.82, 2.24) is 0 Å². The molecule has 0 heterocycles. The topological polar surface area (TPSA) is 40.9 Å². The Morgan fingerprint density at radius 3 is 2.91 bits per heavy atom. The highest BCUT2D eigenvalue weighted by Crippen LogP contribution is 2.33. The van der Waals surface area contributed by atoms with Gasteiger partial charge >= 0.3 is 0 Å². The van der Waals surface area contributed by atoms with Crippen LogP contribution in [-0.2, 0) is 4.79 Å². The molecule has 0 aromatic heterocycles. The molecule has 0 aromatic carbocycles. The number of carbonyl (C=O) groups is 1. The van der Waals surface area contributed by atoms with Gasteiger partial charge < -0.3 is 4.79 Å². The zero-order chi connectivity index (χ0) is 8.16. The van der Waals surface area contributed by atoms with Gasteiger partial charge in [0.2, 0.25) is 0 Å². The first-order chi connectivity index (χ1) is 5.33. The van der Waals surface area contributed by atoms with Crippen LogP contribution in [0.15, 0.2) is 12.2 Å². The fraction of sp³-hybridized carbons (Fsp3) is 0.556. The molecule has 1 rings (SSSR count). The minimum atomic E-state index is -0.358. The van der Waals surface area contributed by atoms with E-state index in [2.05, 4.69) is 12.1 Å². The van der Waals surface area contributed by atoms with E-state index in [-0.39, 0.29) is 5.41 Å². The van der Waals surface area contributed by atoms with E-state index < -0.39 is 0 Å². The summed E-state index contributed by atoms with van der Waals surface area (Å²) in [5.74, 6) is 0. The molecule has 1 atom stereocenters. The lowest BCUT2D eigenvalue weighted by atomic mass is 9.76. The van der Waals surface area contributed by atoms with Gasteiger partial charge in [-0.15, -0.1) is 0 Å².